The van der Waals surface area contributed by atoms with Crippen molar-refractivity contribution >= 4 is 107 Å². The SMILES string of the molecule is c1cc(-c2ccc(-c3c4ccccc4nc4c3sc3ccccc34)cc2)nc(-c2cc(-c3cccc4sc5c(-c6ccc(-c7ccc8ccc9cccnc9c8n7)cc6)c6ccccc6nc5c34)ccn2)c1. The second-order valence-electron chi connectivity index (χ2n) is 18.1. The second-order valence-corrected chi connectivity index (χ2v) is 20.2. The first-order valence-corrected chi connectivity index (χ1v) is 25.5. The van der Waals surface area contributed by atoms with Gasteiger partial charge in [0, 0.05) is 76.4 Å². The third-order valence-corrected chi connectivity index (χ3v) is 16.3. The van der Waals surface area contributed by atoms with Gasteiger partial charge in [-0.2, -0.15) is 0 Å². The van der Waals surface area contributed by atoms with Crippen molar-refractivity contribution in [2.45, 2.75) is 0 Å². The molecule has 8 aromatic heterocycles. The summed E-state index contributed by atoms with van der Waals surface area (Å²) in [6.07, 6.45) is 3.73. The van der Waals surface area contributed by atoms with E-state index in [1.807, 2.05) is 35.9 Å². The van der Waals surface area contributed by atoms with E-state index in [0.717, 1.165) is 121 Å². The Morgan fingerprint density at radius 2 is 0.889 bits per heavy atom. The Balaban J connectivity index is 0.790. The topological polar surface area (TPSA) is 77.3 Å². The molecule has 8 heteroatoms. The molecule has 0 atom stereocenters. The quantitative estimate of drug-likeness (QED) is 0.155. The van der Waals surface area contributed by atoms with Crippen molar-refractivity contribution in [1.82, 2.24) is 29.9 Å². The van der Waals surface area contributed by atoms with Gasteiger partial charge in [-0.25, -0.2) is 19.9 Å². The molecule has 0 aliphatic carbocycles. The van der Waals surface area contributed by atoms with Crippen LogP contribution in [0.2, 0.25) is 0 Å². The van der Waals surface area contributed by atoms with E-state index in [0.29, 0.717) is 0 Å². The number of hydrogen-bond donors (Lipinski definition) is 0. The van der Waals surface area contributed by atoms with Crippen LogP contribution in [0.25, 0.3) is 152 Å². The van der Waals surface area contributed by atoms with Crippen molar-refractivity contribution in [2.24, 2.45) is 0 Å². The summed E-state index contributed by atoms with van der Waals surface area (Å²) in [6.45, 7) is 0. The normalized spacial score (nSPS) is 11.9. The maximum Gasteiger partial charge on any atom is 0.0972 e. The molecule has 334 valence electrons. The molecule has 15 aromatic rings. The van der Waals surface area contributed by atoms with Crippen LogP contribution in [-0.4, -0.2) is 29.9 Å². The number of aromatic nitrogens is 6. The third kappa shape index (κ3) is 6.54. The lowest BCUT2D eigenvalue weighted by molar-refractivity contribution is 1.25. The van der Waals surface area contributed by atoms with Crippen molar-refractivity contribution in [1.29, 1.82) is 0 Å². The van der Waals surface area contributed by atoms with E-state index in [-0.39, 0.29) is 0 Å². The van der Waals surface area contributed by atoms with Crippen LogP contribution >= 0.6 is 22.7 Å². The Hall–Kier alpha value is -9.08. The third-order valence-electron chi connectivity index (χ3n) is 14.0. The van der Waals surface area contributed by atoms with E-state index in [4.69, 9.17) is 24.9 Å². The van der Waals surface area contributed by atoms with E-state index < -0.39 is 0 Å². The minimum absolute atomic E-state index is 0.808. The lowest BCUT2D eigenvalue weighted by atomic mass is 9.96. The molecule has 0 unspecified atom stereocenters. The highest BCUT2D eigenvalue weighted by molar-refractivity contribution is 7.26. The van der Waals surface area contributed by atoms with Crippen LogP contribution in [0.3, 0.4) is 0 Å². The van der Waals surface area contributed by atoms with Crippen LogP contribution < -0.4 is 0 Å². The molecule has 0 saturated carbocycles. The first-order valence-electron chi connectivity index (χ1n) is 23.9. The van der Waals surface area contributed by atoms with Crippen LogP contribution in [0.1, 0.15) is 0 Å². The molecule has 0 N–H and O–H groups in total. The van der Waals surface area contributed by atoms with E-state index in [1.54, 1.807) is 11.3 Å². The largest absolute Gasteiger partial charge is 0.255 e. The molecule has 6 nitrogen and oxygen atoms in total. The van der Waals surface area contributed by atoms with Crippen molar-refractivity contribution in [3.05, 3.63) is 219 Å². The molecule has 15 rings (SSSR count). The Morgan fingerprint density at radius 1 is 0.306 bits per heavy atom. The van der Waals surface area contributed by atoms with Gasteiger partial charge in [0.15, 0.2) is 0 Å². The van der Waals surface area contributed by atoms with Gasteiger partial charge in [-0.1, -0.05) is 146 Å². The Morgan fingerprint density at radius 3 is 1.65 bits per heavy atom. The molecule has 0 saturated heterocycles. The average molecular weight is 953 g/mol. The first-order chi connectivity index (χ1) is 35.7. The predicted molar refractivity (Wildman–Crippen MR) is 302 cm³/mol. The number of hydrogen-bond acceptors (Lipinski definition) is 8. The van der Waals surface area contributed by atoms with Gasteiger partial charge in [0.1, 0.15) is 0 Å². The summed E-state index contributed by atoms with van der Waals surface area (Å²) in [6, 6.07) is 72.7. The Bertz CT molecular complexity index is 4690. The number of pyridine rings is 6. The highest BCUT2D eigenvalue weighted by Gasteiger charge is 2.21. The van der Waals surface area contributed by atoms with E-state index in [9.17, 15) is 0 Å². The molecule has 8 heterocycles. The number of benzene rings is 7. The molecular weight excluding hydrogens is 917 g/mol. The van der Waals surface area contributed by atoms with Gasteiger partial charge in [0.2, 0.25) is 0 Å². The second kappa shape index (κ2) is 16.2. The molecule has 0 fully saturated rings. The highest BCUT2D eigenvalue weighted by Crippen LogP contribution is 2.47. The van der Waals surface area contributed by atoms with Crippen molar-refractivity contribution in [2.75, 3.05) is 0 Å². The van der Waals surface area contributed by atoms with Gasteiger partial charge in [-0.3, -0.25) is 9.97 Å². The molecule has 0 bridgehead atoms. The fourth-order valence-electron chi connectivity index (χ4n) is 10.6. The molecule has 7 aromatic carbocycles. The minimum atomic E-state index is 0.808. The van der Waals surface area contributed by atoms with Crippen molar-refractivity contribution in [3.8, 4) is 67.3 Å². The zero-order valence-electron chi connectivity index (χ0n) is 38.3. The van der Waals surface area contributed by atoms with Gasteiger partial charge < -0.3 is 0 Å². The van der Waals surface area contributed by atoms with Crippen LogP contribution in [0, 0.1) is 0 Å². The summed E-state index contributed by atoms with van der Waals surface area (Å²) < 4.78 is 4.79. The lowest BCUT2D eigenvalue weighted by Gasteiger charge is -2.11. The van der Waals surface area contributed by atoms with E-state index in [2.05, 4.69) is 199 Å². The number of fused-ring (bicyclic) bond motifs is 11. The van der Waals surface area contributed by atoms with Crippen molar-refractivity contribution < 1.29 is 0 Å². The maximum atomic E-state index is 5.41. The molecule has 0 aliphatic rings. The average Bonchev–Trinajstić information content (AvgIpc) is 4.02. The van der Waals surface area contributed by atoms with Crippen LogP contribution in [0.5, 0.6) is 0 Å². The number of para-hydroxylation sites is 2. The Labute approximate surface area is 420 Å². The van der Waals surface area contributed by atoms with Crippen LogP contribution in [-0.2, 0) is 0 Å². The first kappa shape index (κ1) is 40.8. The van der Waals surface area contributed by atoms with Crippen LogP contribution in [0.4, 0.5) is 0 Å². The molecular formula is C64H36N6S2. The van der Waals surface area contributed by atoms with Gasteiger partial charge in [0.25, 0.3) is 0 Å². The van der Waals surface area contributed by atoms with Gasteiger partial charge >= 0.3 is 0 Å². The molecule has 0 spiro atoms. The molecule has 0 radical (unpaired) electrons. The summed E-state index contributed by atoms with van der Waals surface area (Å²) in [5.41, 5.74) is 18.2. The summed E-state index contributed by atoms with van der Waals surface area (Å²) >= 11 is 3.61. The summed E-state index contributed by atoms with van der Waals surface area (Å²) in [4.78, 5) is 30.5. The monoisotopic (exact) mass is 952 g/mol. The van der Waals surface area contributed by atoms with Crippen LogP contribution in [0.15, 0.2) is 219 Å². The Kier molecular flexibility index (Phi) is 9.20. The lowest BCUT2D eigenvalue weighted by Crippen LogP contribution is -1.92. The fourth-order valence-corrected chi connectivity index (χ4v) is 13.0. The fraction of sp³-hybridized carbons (Fsp3) is 0. The standard InChI is InChI=1S/C64H36N6S2/c1-4-15-50-45(11-1)56(63-61(69-50)47-13-3-6-19-54(47)71-63)39-25-21-37(22-26-39)48-17-8-18-52(67-48)53-36-43(33-35-65-53)44-14-7-20-55-58(44)62-64(72-55)57(46-12-2-5-16-51(46)70-62)40-27-23-38(24-28-40)49-32-31-42-30-29-41-10-9-34-66-59(41)60(42)68-49/h1-36H. The minimum Gasteiger partial charge on any atom is -0.255 e. The summed E-state index contributed by atoms with van der Waals surface area (Å²) in [5.74, 6) is 0. The molecule has 72 heavy (non-hydrogen) atoms. The summed E-state index contributed by atoms with van der Waals surface area (Å²) in [7, 11) is 0. The number of rotatable bonds is 6. The van der Waals surface area contributed by atoms with Crippen molar-refractivity contribution in [3.63, 3.8) is 0 Å². The zero-order valence-corrected chi connectivity index (χ0v) is 39.9. The van der Waals surface area contributed by atoms with Gasteiger partial charge in [-0.05, 0) is 82.9 Å². The number of nitrogens with zero attached hydrogens (tertiary/aromatic N) is 6. The number of thiophene rings is 2. The van der Waals surface area contributed by atoms with E-state index in [1.165, 1.54) is 30.6 Å². The zero-order chi connectivity index (χ0) is 47.3. The molecule has 0 aliphatic heterocycles. The van der Waals surface area contributed by atoms with Gasteiger partial charge in [0.05, 0.1) is 65.3 Å². The smallest absolute Gasteiger partial charge is 0.0972 e. The predicted octanol–water partition coefficient (Wildman–Crippen LogP) is 17.4. The maximum absolute atomic E-state index is 5.41. The van der Waals surface area contributed by atoms with Gasteiger partial charge in [-0.15, -0.1) is 22.7 Å². The summed E-state index contributed by atoms with van der Waals surface area (Å²) in [5, 5.41) is 6.77. The van der Waals surface area contributed by atoms with E-state index >= 15 is 0 Å². The molecule has 0 amide bonds. The highest BCUT2D eigenvalue weighted by atomic mass is 32.1.